The predicted octanol–water partition coefficient (Wildman–Crippen LogP) is 4.89. The van der Waals surface area contributed by atoms with Crippen LogP contribution in [0.4, 0.5) is 22.0 Å². The van der Waals surface area contributed by atoms with E-state index in [1.807, 2.05) is 13.8 Å². The normalized spacial score (nSPS) is 11.8. The first-order chi connectivity index (χ1) is 11.3. The van der Waals surface area contributed by atoms with E-state index in [0.29, 0.717) is 0 Å². The van der Waals surface area contributed by atoms with E-state index in [1.54, 1.807) is 13.2 Å². The quantitative estimate of drug-likeness (QED) is 0.319. The van der Waals surface area contributed by atoms with Gasteiger partial charge in [0.05, 0.1) is 5.56 Å². The smallest absolute Gasteiger partial charge is 0.223 e. The summed E-state index contributed by atoms with van der Waals surface area (Å²) in [6.07, 6.45) is 0. The lowest BCUT2D eigenvalue weighted by molar-refractivity contribution is 0.381. The van der Waals surface area contributed by atoms with Gasteiger partial charge in [-0.05, 0) is 22.8 Å². The van der Waals surface area contributed by atoms with Crippen molar-refractivity contribution in [3.8, 4) is 11.1 Å². The molecule has 0 atom stereocenters. The SMILES string of the molecule is CC[Si](CC)(OC)c1cccc(-c2c(F)c(F)c(F)c(F)c2F)c1. The largest absolute Gasteiger partial charge is 0.416 e. The van der Waals surface area contributed by atoms with E-state index in [-0.39, 0.29) is 5.56 Å². The van der Waals surface area contributed by atoms with Crippen LogP contribution in [-0.4, -0.2) is 15.4 Å². The zero-order valence-electron chi connectivity index (χ0n) is 13.5. The zero-order chi connectivity index (χ0) is 18.1. The van der Waals surface area contributed by atoms with Gasteiger partial charge in [0.2, 0.25) is 14.1 Å². The van der Waals surface area contributed by atoms with Crippen LogP contribution in [0, 0.1) is 29.1 Å². The van der Waals surface area contributed by atoms with Crippen molar-refractivity contribution >= 4 is 13.5 Å². The van der Waals surface area contributed by atoms with Gasteiger partial charge in [0.25, 0.3) is 0 Å². The molecule has 7 heteroatoms. The molecule has 0 aliphatic heterocycles. The summed E-state index contributed by atoms with van der Waals surface area (Å²) < 4.78 is 73.8. The Morgan fingerprint density at radius 3 is 1.79 bits per heavy atom. The lowest BCUT2D eigenvalue weighted by Crippen LogP contribution is -2.48. The second-order valence-electron chi connectivity index (χ2n) is 5.43. The highest BCUT2D eigenvalue weighted by atomic mass is 28.4. The molecular formula is C17H17F5OSi. The molecule has 0 fully saturated rings. The van der Waals surface area contributed by atoms with E-state index < -0.39 is 43.0 Å². The maximum absolute atomic E-state index is 14.0. The fourth-order valence-corrected chi connectivity index (χ4v) is 5.83. The Morgan fingerprint density at radius 2 is 1.33 bits per heavy atom. The average Bonchev–Trinajstić information content (AvgIpc) is 2.61. The van der Waals surface area contributed by atoms with Crippen LogP contribution >= 0.6 is 0 Å². The first-order valence-electron chi connectivity index (χ1n) is 7.50. The van der Waals surface area contributed by atoms with Crippen molar-refractivity contribution in [1.29, 1.82) is 0 Å². The Labute approximate surface area is 138 Å². The van der Waals surface area contributed by atoms with Crippen molar-refractivity contribution in [3.63, 3.8) is 0 Å². The topological polar surface area (TPSA) is 9.23 Å². The van der Waals surface area contributed by atoms with Crippen LogP contribution in [0.3, 0.4) is 0 Å². The van der Waals surface area contributed by atoms with E-state index in [4.69, 9.17) is 4.43 Å². The Hall–Kier alpha value is -1.73. The minimum Gasteiger partial charge on any atom is -0.416 e. The Balaban J connectivity index is 2.71. The highest BCUT2D eigenvalue weighted by molar-refractivity contribution is 6.86. The Morgan fingerprint density at radius 1 is 0.833 bits per heavy atom. The lowest BCUT2D eigenvalue weighted by atomic mass is 10.0. The molecule has 0 aliphatic rings. The van der Waals surface area contributed by atoms with Gasteiger partial charge in [0, 0.05) is 7.11 Å². The lowest BCUT2D eigenvalue weighted by Gasteiger charge is -2.28. The van der Waals surface area contributed by atoms with Crippen molar-refractivity contribution < 1.29 is 26.4 Å². The maximum Gasteiger partial charge on any atom is 0.223 e. The highest BCUT2D eigenvalue weighted by Crippen LogP contribution is 2.31. The Kier molecular flexibility index (Phi) is 5.44. The molecule has 0 amide bonds. The minimum atomic E-state index is -2.34. The van der Waals surface area contributed by atoms with E-state index in [1.165, 1.54) is 18.2 Å². The van der Waals surface area contributed by atoms with Gasteiger partial charge in [0.15, 0.2) is 23.3 Å². The fraction of sp³-hybridized carbons (Fsp3) is 0.294. The van der Waals surface area contributed by atoms with Crippen LogP contribution in [0.25, 0.3) is 11.1 Å². The average molecular weight is 360 g/mol. The molecule has 2 aromatic carbocycles. The summed E-state index contributed by atoms with van der Waals surface area (Å²) in [5.74, 6) is -9.72. The van der Waals surface area contributed by atoms with E-state index in [0.717, 1.165) is 17.3 Å². The van der Waals surface area contributed by atoms with Gasteiger partial charge >= 0.3 is 0 Å². The van der Waals surface area contributed by atoms with Crippen molar-refractivity contribution in [2.75, 3.05) is 7.11 Å². The molecule has 0 aromatic heterocycles. The van der Waals surface area contributed by atoms with Gasteiger partial charge < -0.3 is 4.43 Å². The molecule has 0 aliphatic carbocycles. The molecule has 0 spiro atoms. The molecule has 0 saturated carbocycles. The van der Waals surface area contributed by atoms with Gasteiger partial charge in [-0.15, -0.1) is 0 Å². The van der Waals surface area contributed by atoms with Crippen LogP contribution in [0.15, 0.2) is 24.3 Å². The van der Waals surface area contributed by atoms with Crippen LogP contribution in [0.1, 0.15) is 13.8 Å². The summed E-state index contributed by atoms with van der Waals surface area (Å²) in [5, 5.41) is 0.747. The molecule has 2 aromatic rings. The van der Waals surface area contributed by atoms with Gasteiger partial charge in [-0.25, -0.2) is 22.0 Å². The molecule has 2 rings (SSSR count). The van der Waals surface area contributed by atoms with E-state index >= 15 is 0 Å². The monoisotopic (exact) mass is 360 g/mol. The molecule has 0 radical (unpaired) electrons. The van der Waals surface area contributed by atoms with Crippen molar-refractivity contribution in [2.24, 2.45) is 0 Å². The van der Waals surface area contributed by atoms with Gasteiger partial charge in [-0.2, -0.15) is 0 Å². The van der Waals surface area contributed by atoms with Crippen molar-refractivity contribution in [3.05, 3.63) is 53.4 Å². The van der Waals surface area contributed by atoms with Crippen molar-refractivity contribution in [2.45, 2.75) is 25.9 Å². The first-order valence-corrected chi connectivity index (χ1v) is 9.82. The maximum atomic E-state index is 14.0. The molecule has 130 valence electrons. The predicted molar refractivity (Wildman–Crippen MR) is 85.0 cm³/mol. The number of hydrogen-bond acceptors (Lipinski definition) is 1. The zero-order valence-corrected chi connectivity index (χ0v) is 14.5. The molecule has 0 unspecified atom stereocenters. The first kappa shape index (κ1) is 18.6. The number of benzene rings is 2. The molecule has 24 heavy (non-hydrogen) atoms. The molecule has 0 bridgehead atoms. The summed E-state index contributed by atoms with van der Waals surface area (Å²) in [4.78, 5) is 0. The van der Waals surface area contributed by atoms with Crippen LogP contribution in [0.5, 0.6) is 0 Å². The third-order valence-electron chi connectivity index (χ3n) is 4.42. The van der Waals surface area contributed by atoms with E-state index in [2.05, 4.69) is 0 Å². The summed E-state index contributed by atoms with van der Waals surface area (Å²) in [6.45, 7) is 3.90. The molecule has 0 saturated heterocycles. The highest BCUT2D eigenvalue weighted by Gasteiger charge is 2.33. The second kappa shape index (κ2) is 7.02. The summed E-state index contributed by atoms with van der Waals surface area (Å²) in [5.41, 5.74) is -0.976. The third-order valence-corrected chi connectivity index (χ3v) is 8.85. The summed E-state index contributed by atoms with van der Waals surface area (Å²) in [6, 6.07) is 7.52. The molecule has 0 N–H and O–H groups in total. The molecular weight excluding hydrogens is 343 g/mol. The number of rotatable bonds is 5. The fourth-order valence-electron chi connectivity index (χ4n) is 2.88. The third kappa shape index (κ3) is 2.86. The van der Waals surface area contributed by atoms with Crippen LogP contribution in [-0.2, 0) is 4.43 Å². The number of hydrogen-bond donors (Lipinski definition) is 0. The van der Waals surface area contributed by atoms with Gasteiger partial charge in [0.1, 0.15) is 0 Å². The van der Waals surface area contributed by atoms with Gasteiger partial charge in [-0.1, -0.05) is 38.1 Å². The molecule has 0 heterocycles. The van der Waals surface area contributed by atoms with Crippen LogP contribution in [0.2, 0.25) is 12.1 Å². The second-order valence-corrected chi connectivity index (χ2v) is 9.82. The van der Waals surface area contributed by atoms with Gasteiger partial charge in [-0.3, -0.25) is 0 Å². The summed E-state index contributed by atoms with van der Waals surface area (Å²) >= 11 is 0. The van der Waals surface area contributed by atoms with Crippen molar-refractivity contribution in [1.82, 2.24) is 0 Å². The van der Waals surface area contributed by atoms with E-state index in [9.17, 15) is 22.0 Å². The minimum absolute atomic E-state index is 0.0591. The Bertz CT molecular complexity index is 722. The number of halogens is 5. The summed E-state index contributed by atoms with van der Waals surface area (Å²) in [7, 11) is -0.763. The standard InChI is InChI=1S/C17H17F5OSi/c1-4-24(5-2,23-3)11-8-6-7-10(9-11)12-13(18)15(20)17(22)16(21)14(12)19/h6-9H,4-5H2,1-3H3. The molecule has 1 nitrogen and oxygen atoms in total. The van der Waals surface area contributed by atoms with Crippen LogP contribution < -0.4 is 5.19 Å².